The number of halogens is 5. The van der Waals surface area contributed by atoms with Crippen LogP contribution in [0.4, 0.5) is 23.2 Å². The second-order valence-electron chi connectivity index (χ2n) is 4.36. The molecule has 122 valence electrons. The molecule has 0 aliphatic rings. The molecule has 0 N–H and O–H groups in total. The molecular formula is C15H5ClF4N2O2. The molecular weight excluding hydrogens is 352 g/mol. The first-order chi connectivity index (χ1) is 11.3. The zero-order valence-corrected chi connectivity index (χ0v) is 12.2. The van der Waals surface area contributed by atoms with Crippen LogP contribution in [0.2, 0.25) is 5.02 Å². The van der Waals surface area contributed by atoms with Crippen molar-refractivity contribution < 1.29 is 27.1 Å². The first-order valence-electron chi connectivity index (χ1n) is 6.12. The summed E-state index contributed by atoms with van der Waals surface area (Å²) in [7, 11) is 0. The fraction of sp³-hybridized carbons (Fsp3) is 0.0667. The number of rotatable bonds is 3. The lowest BCUT2D eigenvalue weighted by molar-refractivity contribution is -0.137. The van der Waals surface area contributed by atoms with Crippen LogP contribution in [-0.4, -0.2) is 6.08 Å². The van der Waals surface area contributed by atoms with Gasteiger partial charge in [0.15, 0.2) is 11.6 Å². The minimum Gasteiger partial charge on any atom is -0.453 e. The molecule has 0 bridgehead atoms. The zero-order valence-electron chi connectivity index (χ0n) is 11.5. The number of alkyl halides is 3. The van der Waals surface area contributed by atoms with Crippen molar-refractivity contribution in [1.82, 2.24) is 0 Å². The molecule has 0 atom stereocenters. The number of ether oxygens (including phenoxy) is 1. The van der Waals surface area contributed by atoms with E-state index in [0.29, 0.717) is 6.07 Å². The monoisotopic (exact) mass is 356 g/mol. The van der Waals surface area contributed by atoms with E-state index in [1.807, 2.05) is 0 Å². The molecule has 0 spiro atoms. The van der Waals surface area contributed by atoms with Crippen LogP contribution in [0.25, 0.3) is 0 Å². The molecule has 0 aromatic heterocycles. The third-order valence-electron chi connectivity index (χ3n) is 2.80. The topological polar surface area (TPSA) is 62.4 Å². The predicted octanol–water partition coefficient (Wildman–Crippen LogP) is 5.13. The van der Waals surface area contributed by atoms with Gasteiger partial charge in [-0.15, -0.1) is 0 Å². The Hall–Kier alpha value is -2.88. The first kappa shape index (κ1) is 17.5. The number of benzene rings is 2. The van der Waals surface area contributed by atoms with Crippen molar-refractivity contribution in [2.75, 3.05) is 0 Å². The lowest BCUT2D eigenvalue weighted by atomic mass is 10.2. The molecule has 2 aromatic rings. The molecule has 2 aromatic carbocycles. The molecule has 0 unspecified atom stereocenters. The second kappa shape index (κ2) is 6.71. The van der Waals surface area contributed by atoms with Gasteiger partial charge in [0.2, 0.25) is 6.08 Å². The second-order valence-corrected chi connectivity index (χ2v) is 4.77. The fourth-order valence-corrected chi connectivity index (χ4v) is 2.00. The Balaban J connectivity index is 2.44. The Morgan fingerprint density at radius 3 is 2.46 bits per heavy atom. The summed E-state index contributed by atoms with van der Waals surface area (Å²) in [5, 5.41) is 8.26. The van der Waals surface area contributed by atoms with Crippen molar-refractivity contribution in [2.45, 2.75) is 6.18 Å². The van der Waals surface area contributed by atoms with Crippen molar-refractivity contribution in [3.05, 3.63) is 52.3 Å². The Labute approximate surface area is 137 Å². The third-order valence-corrected chi connectivity index (χ3v) is 3.08. The lowest BCUT2D eigenvalue weighted by Gasteiger charge is -2.12. The van der Waals surface area contributed by atoms with E-state index < -0.39 is 28.3 Å². The van der Waals surface area contributed by atoms with Gasteiger partial charge in [0, 0.05) is 6.07 Å². The molecule has 0 aliphatic heterocycles. The Morgan fingerprint density at radius 1 is 1.21 bits per heavy atom. The van der Waals surface area contributed by atoms with Gasteiger partial charge < -0.3 is 4.74 Å². The average molecular weight is 357 g/mol. The Bertz CT molecular complexity index is 861. The van der Waals surface area contributed by atoms with E-state index in [1.165, 1.54) is 18.2 Å². The molecule has 0 fully saturated rings. The summed E-state index contributed by atoms with van der Waals surface area (Å²) < 4.78 is 56.7. The number of nitriles is 1. The molecule has 2 rings (SSSR count). The van der Waals surface area contributed by atoms with Gasteiger partial charge in [-0.3, -0.25) is 0 Å². The largest absolute Gasteiger partial charge is 0.453 e. The van der Waals surface area contributed by atoms with Crippen LogP contribution in [-0.2, 0) is 11.0 Å². The quantitative estimate of drug-likeness (QED) is 0.435. The van der Waals surface area contributed by atoms with E-state index >= 15 is 0 Å². The van der Waals surface area contributed by atoms with E-state index in [0.717, 1.165) is 6.07 Å². The van der Waals surface area contributed by atoms with Crippen LogP contribution in [0.3, 0.4) is 0 Å². The smallest absolute Gasteiger partial charge is 0.416 e. The van der Waals surface area contributed by atoms with Crippen LogP contribution in [0.15, 0.2) is 35.3 Å². The van der Waals surface area contributed by atoms with Crippen LogP contribution >= 0.6 is 11.6 Å². The van der Waals surface area contributed by atoms with E-state index in [4.69, 9.17) is 21.6 Å². The number of hydrogen-bond donors (Lipinski definition) is 0. The lowest BCUT2D eigenvalue weighted by Crippen LogP contribution is -2.06. The van der Waals surface area contributed by atoms with Crippen molar-refractivity contribution in [3.63, 3.8) is 0 Å². The Kier molecular flexibility index (Phi) is 4.88. The van der Waals surface area contributed by atoms with Crippen LogP contribution in [0, 0.1) is 17.1 Å². The number of nitrogens with zero attached hydrogens (tertiary/aromatic N) is 2. The van der Waals surface area contributed by atoms with Gasteiger partial charge >= 0.3 is 6.18 Å². The number of carbonyl (C=O) groups excluding carboxylic acids is 1. The van der Waals surface area contributed by atoms with E-state index in [2.05, 4.69) is 4.99 Å². The summed E-state index contributed by atoms with van der Waals surface area (Å²) in [6, 6.07) is 6.14. The summed E-state index contributed by atoms with van der Waals surface area (Å²) in [6.45, 7) is 0. The fourth-order valence-electron chi connectivity index (χ4n) is 1.75. The van der Waals surface area contributed by atoms with Gasteiger partial charge in [0.25, 0.3) is 0 Å². The standard InChI is InChI=1S/C15H5ClF4N2O2/c16-11-3-9(15(18,19)20)4-12(17)14(11)24-10-2-1-8(6-21)13(5-10)22-7-23/h1-5H. The average Bonchev–Trinajstić information content (AvgIpc) is 2.50. The van der Waals surface area contributed by atoms with E-state index in [9.17, 15) is 22.4 Å². The summed E-state index contributed by atoms with van der Waals surface area (Å²) in [5.41, 5.74) is -1.32. The maximum Gasteiger partial charge on any atom is 0.416 e. The van der Waals surface area contributed by atoms with Gasteiger partial charge in [-0.1, -0.05) is 11.6 Å². The molecule has 0 saturated carbocycles. The third kappa shape index (κ3) is 3.71. The minimum absolute atomic E-state index is 0.0321. The molecule has 0 heterocycles. The molecule has 0 amide bonds. The SMILES string of the molecule is N#Cc1ccc(Oc2c(F)cc(C(F)(F)F)cc2Cl)cc1N=C=O. The molecule has 0 aliphatic carbocycles. The van der Waals surface area contributed by atoms with Crippen molar-refractivity contribution in [3.8, 4) is 17.6 Å². The van der Waals surface area contributed by atoms with Crippen molar-refractivity contribution >= 4 is 23.4 Å². The Morgan fingerprint density at radius 2 is 1.92 bits per heavy atom. The first-order valence-corrected chi connectivity index (χ1v) is 6.50. The summed E-state index contributed by atoms with van der Waals surface area (Å²) in [6.07, 6.45) is -3.52. The van der Waals surface area contributed by atoms with Crippen molar-refractivity contribution in [1.29, 1.82) is 5.26 Å². The van der Waals surface area contributed by atoms with Gasteiger partial charge in [-0.05, 0) is 24.3 Å². The van der Waals surface area contributed by atoms with Gasteiger partial charge in [-0.2, -0.15) is 23.4 Å². The highest BCUT2D eigenvalue weighted by Gasteiger charge is 2.32. The molecule has 4 nitrogen and oxygen atoms in total. The minimum atomic E-state index is -4.76. The van der Waals surface area contributed by atoms with E-state index in [1.54, 1.807) is 6.07 Å². The van der Waals surface area contributed by atoms with E-state index in [-0.39, 0.29) is 23.1 Å². The summed E-state index contributed by atoms with van der Waals surface area (Å²) in [4.78, 5) is 13.6. The maximum absolute atomic E-state index is 13.9. The zero-order chi connectivity index (χ0) is 17.9. The highest BCUT2D eigenvalue weighted by Crippen LogP contribution is 2.39. The highest BCUT2D eigenvalue weighted by molar-refractivity contribution is 6.32. The summed E-state index contributed by atoms with van der Waals surface area (Å²) in [5.74, 6) is -2.03. The molecule has 24 heavy (non-hydrogen) atoms. The van der Waals surface area contributed by atoms with Gasteiger partial charge in [0.1, 0.15) is 11.8 Å². The summed E-state index contributed by atoms with van der Waals surface area (Å²) >= 11 is 5.65. The van der Waals surface area contributed by atoms with Gasteiger partial charge in [-0.25, -0.2) is 9.18 Å². The van der Waals surface area contributed by atoms with Gasteiger partial charge in [0.05, 0.1) is 21.8 Å². The molecule has 0 saturated heterocycles. The van der Waals surface area contributed by atoms with Crippen LogP contribution in [0.1, 0.15) is 11.1 Å². The maximum atomic E-state index is 13.9. The molecule has 9 heteroatoms. The number of hydrogen-bond acceptors (Lipinski definition) is 4. The molecule has 0 radical (unpaired) electrons. The van der Waals surface area contributed by atoms with Crippen LogP contribution < -0.4 is 4.74 Å². The normalized spacial score (nSPS) is 10.7. The van der Waals surface area contributed by atoms with Crippen LogP contribution in [0.5, 0.6) is 11.5 Å². The highest BCUT2D eigenvalue weighted by atomic mass is 35.5. The number of aliphatic imine (C=N–C) groups is 1. The van der Waals surface area contributed by atoms with Crippen molar-refractivity contribution in [2.24, 2.45) is 4.99 Å². The predicted molar refractivity (Wildman–Crippen MR) is 75.4 cm³/mol. The number of isocyanates is 1.